The van der Waals surface area contributed by atoms with Gasteiger partial charge in [-0.25, -0.2) is 0 Å². The molecule has 2 atom stereocenters. The lowest BCUT2D eigenvalue weighted by Gasteiger charge is -2.33. The van der Waals surface area contributed by atoms with Crippen LogP contribution in [0.5, 0.6) is 0 Å². The Balaban J connectivity index is 2.81. The number of carbonyl (C=O) groups is 3. The van der Waals surface area contributed by atoms with Crippen molar-refractivity contribution in [2.45, 2.75) is 46.5 Å². The monoisotopic (exact) mass is 210 g/mol. The average Bonchev–Trinajstić information content (AvgIpc) is 2.18. The highest BCUT2D eigenvalue weighted by atomic mass is 16.2. The van der Waals surface area contributed by atoms with E-state index in [-0.39, 0.29) is 23.3 Å². The zero-order valence-corrected chi connectivity index (χ0v) is 9.63. The molecule has 3 nitrogen and oxygen atoms in total. The van der Waals surface area contributed by atoms with Crippen LogP contribution in [0.2, 0.25) is 0 Å². The fourth-order valence-corrected chi connectivity index (χ4v) is 2.12. The third-order valence-electron chi connectivity index (χ3n) is 3.39. The summed E-state index contributed by atoms with van der Waals surface area (Å²) in [5.74, 6) is 0.0153. The molecule has 1 fully saturated rings. The van der Waals surface area contributed by atoms with E-state index in [2.05, 4.69) is 0 Å². The summed E-state index contributed by atoms with van der Waals surface area (Å²) >= 11 is 0. The van der Waals surface area contributed by atoms with Gasteiger partial charge in [0, 0.05) is 18.8 Å². The van der Waals surface area contributed by atoms with Crippen molar-refractivity contribution < 1.29 is 14.4 Å². The van der Waals surface area contributed by atoms with Gasteiger partial charge in [-0.15, -0.1) is 0 Å². The van der Waals surface area contributed by atoms with Crippen molar-refractivity contribution in [2.24, 2.45) is 11.3 Å². The molecule has 0 aliphatic heterocycles. The van der Waals surface area contributed by atoms with Crippen molar-refractivity contribution in [3.05, 3.63) is 0 Å². The molecule has 0 radical (unpaired) electrons. The number of Topliss-reactive ketones (excluding diaryl/α,β-unsaturated/α-hetero) is 3. The molecule has 0 aromatic rings. The summed E-state index contributed by atoms with van der Waals surface area (Å²) in [6.07, 6.45) is 1.83. The minimum Gasteiger partial charge on any atom is -0.300 e. The van der Waals surface area contributed by atoms with Gasteiger partial charge in [0.25, 0.3) is 0 Å². The van der Waals surface area contributed by atoms with Crippen molar-refractivity contribution in [3.8, 4) is 0 Å². The van der Waals surface area contributed by atoms with E-state index in [1.165, 1.54) is 6.92 Å². The van der Waals surface area contributed by atoms with Crippen LogP contribution in [-0.4, -0.2) is 17.3 Å². The van der Waals surface area contributed by atoms with Gasteiger partial charge >= 0.3 is 0 Å². The molecule has 0 spiro atoms. The summed E-state index contributed by atoms with van der Waals surface area (Å²) in [6.45, 7) is 5.04. The van der Waals surface area contributed by atoms with Crippen molar-refractivity contribution >= 4 is 17.3 Å². The van der Waals surface area contributed by atoms with E-state index in [4.69, 9.17) is 0 Å². The number of hydrogen-bond acceptors (Lipinski definition) is 3. The molecule has 0 bridgehead atoms. The molecule has 2 unspecified atom stereocenters. The van der Waals surface area contributed by atoms with Crippen LogP contribution in [-0.2, 0) is 14.4 Å². The van der Waals surface area contributed by atoms with E-state index >= 15 is 0 Å². The SMILES string of the molecule is CC(=O)CCC1(C)C(=O)CCC(C)C1=O. The first kappa shape index (κ1) is 12.1. The van der Waals surface area contributed by atoms with Crippen LogP contribution in [0.1, 0.15) is 46.5 Å². The molecule has 0 aromatic heterocycles. The fraction of sp³-hybridized carbons (Fsp3) is 0.750. The molecule has 1 aliphatic carbocycles. The highest BCUT2D eigenvalue weighted by Crippen LogP contribution is 2.36. The van der Waals surface area contributed by atoms with E-state index < -0.39 is 5.41 Å². The Hall–Kier alpha value is -0.990. The summed E-state index contributed by atoms with van der Waals surface area (Å²) in [7, 11) is 0. The Kier molecular flexibility index (Phi) is 3.42. The van der Waals surface area contributed by atoms with Gasteiger partial charge in [0.15, 0.2) is 0 Å². The number of rotatable bonds is 3. The molecule has 1 rings (SSSR count). The van der Waals surface area contributed by atoms with Crippen LogP contribution in [0.3, 0.4) is 0 Å². The van der Waals surface area contributed by atoms with Crippen LogP contribution < -0.4 is 0 Å². The van der Waals surface area contributed by atoms with Gasteiger partial charge in [0.05, 0.1) is 5.41 Å². The zero-order chi connectivity index (χ0) is 11.6. The van der Waals surface area contributed by atoms with Gasteiger partial charge in [-0.05, 0) is 26.7 Å². The molecule has 84 valence electrons. The molecule has 0 saturated heterocycles. The summed E-state index contributed by atoms with van der Waals surface area (Å²) in [5, 5.41) is 0. The second kappa shape index (κ2) is 4.25. The third kappa shape index (κ3) is 2.33. The van der Waals surface area contributed by atoms with Gasteiger partial charge < -0.3 is 4.79 Å². The fourth-order valence-electron chi connectivity index (χ4n) is 2.12. The zero-order valence-electron chi connectivity index (χ0n) is 9.63. The van der Waals surface area contributed by atoms with Gasteiger partial charge in [0.1, 0.15) is 17.3 Å². The number of hydrogen-bond donors (Lipinski definition) is 0. The maximum atomic E-state index is 11.9. The molecule has 1 saturated carbocycles. The van der Waals surface area contributed by atoms with Gasteiger partial charge in [-0.2, -0.15) is 0 Å². The minimum atomic E-state index is -0.899. The van der Waals surface area contributed by atoms with Gasteiger partial charge in [0.2, 0.25) is 0 Å². The first-order chi connectivity index (χ1) is 6.88. The van der Waals surface area contributed by atoms with Crippen LogP contribution in [0.15, 0.2) is 0 Å². The Morgan fingerprint density at radius 1 is 1.47 bits per heavy atom. The predicted molar refractivity (Wildman–Crippen MR) is 56.4 cm³/mol. The Morgan fingerprint density at radius 2 is 2.07 bits per heavy atom. The summed E-state index contributed by atoms with van der Waals surface area (Å²) in [6, 6.07) is 0. The molecular weight excluding hydrogens is 192 g/mol. The largest absolute Gasteiger partial charge is 0.300 e. The number of carbonyl (C=O) groups excluding carboxylic acids is 3. The maximum Gasteiger partial charge on any atom is 0.148 e. The molecule has 0 heterocycles. The molecule has 15 heavy (non-hydrogen) atoms. The lowest BCUT2D eigenvalue weighted by atomic mass is 9.67. The van der Waals surface area contributed by atoms with Gasteiger partial charge in [-0.3, -0.25) is 9.59 Å². The smallest absolute Gasteiger partial charge is 0.148 e. The van der Waals surface area contributed by atoms with Crippen molar-refractivity contribution in [1.82, 2.24) is 0 Å². The van der Waals surface area contributed by atoms with Crippen molar-refractivity contribution in [1.29, 1.82) is 0 Å². The van der Waals surface area contributed by atoms with Crippen molar-refractivity contribution in [2.75, 3.05) is 0 Å². The normalized spacial score (nSPS) is 31.8. The van der Waals surface area contributed by atoms with E-state index in [0.29, 0.717) is 25.7 Å². The van der Waals surface area contributed by atoms with Crippen LogP contribution in [0.25, 0.3) is 0 Å². The Labute approximate surface area is 90.2 Å². The first-order valence-electron chi connectivity index (χ1n) is 5.45. The Morgan fingerprint density at radius 3 is 2.60 bits per heavy atom. The van der Waals surface area contributed by atoms with E-state index in [1.807, 2.05) is 6.92 Å². The van der Waals surface area contributed by atoms with E-state index in [9.17, 15) is 14.4 Å². The third-order valence-corrected chi connectivity index (χ3v) is 3.39. The lowest BCUT2D eigenvalue weighted by Crippen LogP contribution is -2.44. The highest BCUT2D eigenvalue weighted by molar-refractivity contribution is 6.09. The van der Waals surface area contributed by atoms with Crippen LogP contribution in [0.4, 0.5) is 0 Å². The van der Waals surface area contributed by atoms with Crippen LogP contribution >= 0.6 is 0 Å². The topological polar surface area (TPSA) is 51.2 Å². The second-order valence-electron chi connectivity index (χ2n) is 4.76. The average molecular weight is 210 g/mol. The highest BCUT2D eigenvalue weighted by Gasteiger charge is 2.45. The molecule has 1 aliphatic rings. The molecule has 3 heteroatoms. The molecule has 0 aromatic carbocycles. The maximum absolute atomic E-state index is 11.9. The quantitative estimate of drug-likeness (QED) is 0.669. The first-order valence-corrected chi connectivity index (χ1v) is 5.45. The molecular formula is C12H18O3. The summed E-state index contributed by atoms with van der Waals surface area (Å²) in [5.41, 5.74) is -0.899. The summed E-state index contributed by atoms with van der Waals surface area (Å²) in [4.78, 5) is 34.6. The standard InChI is InChI=1S/C12H18O3/c1-8-4-5-10(14)12(3,11(8)15)7-6-9(2)13/h8H,4-7H2,1-3H3. The molecule has 0 N–H and O–H groups in total. The van der Waals surface area contributed by atoms with Crippen LogP contribution in [0, 0.1) is 11.3 Å². The second-order valence-corrected chi connectivity index (χ2v) is 4.76. The predicted octanol–water partition coefficient (Wildman–Crippen LogP) is 1.93. The molecule has 0 amide bonds. The van der Waals surface area contributed by atoms with E-state index in [1.54, 1.807) is 6.92 Å². The minimum absolute atomic E-state index is 0.00634. The lowest BCUT2D eigenvalue weighted by molar-refractivity contribution is -0.146. The number of ketones is 3. The van der Waals surface area contributed by atoms with Gasteiger partial charge in [-0.1, -0.05) is 6.92 Å². The van der Waals surface area contributed by atoms with E-state index in [0.717, 1.165) is 0 Å². The summed E-state index contributed by atoms with van der Waals surface area (Å²) < 4.78 is 0. The Bertz CT molecular complexity index is 306. The van der Waals surface area contributed by atoms with Crippen molar-refractivity contribution in [3.63, 3.8) is 0 Å².